The van der Waals surface area contributed by atoms with Crippen molar-refractivity contribution in [3.8, 4) is 0 Å². The quantitative estimate of drug-likeness (QED) is 0.531. The number of sulfonamides is 1. The lowest BCUT2D eigenvalue weighted by molar-refractivity contribution is 0.0858. The van der Waals surface area contributed by atoms with Crippen molar-refractivity contribution in [2.45, 2.75) is 43.6 Å². The van der Waals surface area contributed by atoms with Crippen LogP contribution in [0.15, 0.2) is 47.4 Å². The molecule has 2 aromatic carbocycles. The molecule has 4 rings (SSSR count). The second kappa shape index (κ2) is 10.8. The molecule has 0 unspecified atom stereocenters. The van der Waals surface area contributed by atoms with E-state index in [1.165, 1.54) is 0 Å². The maximum atomic E-state index is 13.2. The molecular weight excluding hydrogens is 452 g/mol. The molecular formula is C25H34N4O4S. The number of anilines is 2. The van der Waals surface area contributed by atoms with Gasteiger partial charge >= 0.3 is 0 Å². The summed E-state index contributed by atoms with van der Waals surface area (Å²) in [5.41, 5.74) is 2.65. The Labute approximate surface area is 202 Å². The summed E-state index contributed by atoms with van der Waals surface area (Å²) in [5, 5.41) is 6.22. The average Bonchev–Trinajstić information content (AvgIpc) is 3.36. The van der Waals surface area contributed by atoms with E-state index in [1.54, 1.807) is 24.3 Å². The fourth-order valence-corrected chi connectivity index (χ4v) is 5.36. The molecule has 2 heterocycles. The van der Waals surface area contributed by atoms with E-state index >= 15 is 0 Å². The number of benzene rings is 2. The number of ether oxygens (including phenoxy) is 1. The molecule has 1 atom stereocenters. The molecule has 8 nitrogen and oxygen atoms in total. The summed E-state index contributed by atoms with van der Waals surface area (Å²) in [6.07, 6.45) is 1.98. The van der Waals surface area contributed by atoms with Crippen molar-refractivity contribution < 1.29 is 17.9 Å². The summed E-state index contributed by atoms with van der Waals surface area (Å²) in [4.78, 5) is 15.1. The van der Waals surface area contributed by atoms with Crippen molar-refractivity contribution in [3.63, 3.8) is 0 Å². The van der Waals surface area contributed by atoms with Crippen LogP contribution in [0.3, 0.4) is 0 Å². The van der Waals surface area contributed by atoms with Gasteiger partial charge < -0.3 is 20.3 Å². The number of carbonyl (C=O) groups is 1. The van der Waals surface area contributed by atoms with Crippen molar-refractivity contribution in [3.05, 3.63) is 53.6 Å². The molecule has 0 spiro atoms. The number of rotatable bonds is 8. The highest BCUT2D eigenvalue weighted by Crippen LogP contribution is 2.30. The number of hydrogen-bond acceptors (Lipinski definition) is 6. The highest BCUT2D eigenvalue weighted by molar-refractivity contribution is 7.92. The zero-order valence-corrected chi connectivity index (χ0v) is 20.7. The molecule has 2 saturated heterocycles. The van der Waals surface area contributed by atoms with Crippen molar-refractivity contribution in [1.82, 2.24) is 10.6 Å². The van der Waals surface area contributed by atoms with Crippen LogP contribution in [0.1, 0.15) is 48.5 Å². The van der Waals surface area contributed by atoms with Crippen LogP contribution in [-0.2, 0) is 14.8 Å². The number of amides is 1. The average molecular weight is 487 g/mol. The Kier molecular flexibility index (Phi) is 7.75. The molecule has 9 heteroatoms. The monoisotopic (exact) mass is 486 g/mol. The fraction of sp³-hybridized carbons (Fsp3) is 0.480. The van der Waals surface area contributed by atoms with Crippen molar-refractivity contribution in [2.24, 2.45) is 0 Å². The minimum Gasteiger partial charge on any atom is -0.376 e. The van der Waals surface area contributed by atoms with Gasteiger partial charge in [0.05, 0.1) is 22.4 Å². The Morgan fingerprint density at radius 1 is 1.15 bits per heavy atom. The molecule has 0 radical (unpaired) electrons. The first-order valence-electron chi connectivity index (χ1n) is 12.0. The largest absolute Gasteiger partial charge is 0.376 e. The molecule has 2 aliphatic rings. The van der Waals surface area contributed by atoms with Gasteiger partial charge in [-0.25, -0.2) is 8.42 Å². The zero-order chi connectivity index (χ0) is 24.1. The maximum absolute atomic E-state index is 13.2. The van der Waals surface area contributed by atoms with Crippen LogP contribution in [0.4, 0.5) is 11.4 Å². The molecule has 34 heavy (non-hydrogen) atoms. The van der Waals surface area contributed by atoms with E-state index in [4.69, 9.17) is 4.74 Å². The van der Waals surface area contributed by atoms with Gasteiger partial charge in [-0.3, -0.25) is 9.52 Å². The van der Waals surface area contributed by atoms with Crippen molar-refractivity contribution >= 4 is 27.3 Å². The molecule has 2 aromatic rings. The molecule has 2 aliphatic heterocycles. The highest BCUT2D eigenvalue weighted by Gasteiger charge is 2.22. The molecule has 184 valence electrons. The van der Waals surface area contributed by atoms with Crippen LogP contribution in [-0.4, -0.2) is 59.8 Å². The number of carbonyl (C=O) groups excluding carboxylic acids is 1. The van der Waals surface area contributed by atoms with Gasteiger partial charge in [0.25, 0.3) is 15.9 Å². The molecule has 3 N–H and O–H groups in total. The van der Waals surface area contributed by atoms with Gasteiger partial charge in [-0.1, -0.05) is 26.0 Å². The molecule has 0 bridgehead atoms. The molecule has 0 aliphatic carbocycles. The summed E-state index contributed by atoms with van der Waals surface area (Å²) in [6, 6.07) is 12.1. The third-order valence-corrected chi connectivity index (χ3v) is 7.71. The van der Waals surface area contributed by atoms with Gasteiger partial charge in [0.1, 0.15) is 0 Å². The van der Waals surface area contributed by atoms with Gasteiger partial charge in [-0.15, -0.1) is 0 Å². The zero-order valence-electron chi connectivity index (χ0n) is 19.8. The first-order valence-corrected chi connectivity index (χ1v) is 13.4. The predicted octanol–water partition coefficient (Wildman–Crippen LogP) is 2.93. The summed E-state index contributed by atoms with van der Waals surface area (Å²) in [5.74, 6) is 0.0675. The van der Waals surface area contributed by atoms with Gasteiger partial charge in [0.15, 0.2) is 0 Å². The lowest BCUT2D eigenvalue weighted by Gasteiger charge is -2.31. The number of piperazine rings is 1. The smallest absolute Gasteiger partial charge is 0.261 e. The number of nitrogens with zero attached hydrogens (tertiary/aromatic N) is 1. The Morgan fingerprint density at radius 2 is 1.88 bits per heavy atom. The molecule has 0 aromatic heterocycles. The van der Waals surface area contributed by atoms with Crippen molar-refractivity contribution in [2.75, 3.05) is 49.0 Å². The predicted molar refractivity (Wildman–Crippen MR) is 134 cm³/mol. The van der Waals surface area contributed by atoms with E-state index in [2.05, 4.69) is 34.1 Å². The normalized spacial score (nSPS) is 18.8. The summed E-state index contributed by atoms with van der Waals surface area (Å²) in [7, 11) is -3.83. The van der Waals surface area contributed by atoms with E-state index in [0.29, 0.717) is 23.7 Å². The van der Waals surface area contributed by atoms with E-state index in [-0.39, 0.29) is 16.9 Å². The Bertz CT molecular complexity index is 1090. The standard InChI is InChI=1S/C25H34N4O4S/c1-18(2)19-5-8-22(9-6-19)34(31,32)28-23-16-20(25(30)27-17-21-4-3-15-33-21)7-10-24(23)29-13-11-26-12-14-29/h5-10,16,18,21,26,28H,3-4,11-15,17H2,1-2H3,(H,27,30)/t21-/m0/s1. The summed E-state index contributed by atoms with van der Waals surface area (Å²) in [6.45, 7) is 8.43. The number of hydrogen-bond donors (Lipinski definition) is 3. The van der Waals surface area contributed by atoms with Crippen LogP contribution >= 0.6 is 0 Å². The van der Waals surface area contributed by atoms with Gasteiger partial charge in [-0.05, 0) is 54.7 Å². The van der Waals surface area contributed by atoms with E-state index in [1.807, 2.05) is 18.2 Å². The maximum Gasteiger partial charge on any atom is 0.261 e. The van der Waals surface area contributed by atoms with Gasteiger partial charge in [-0.2, -0.15) is 0 Å². The minimum atomic E-state index is -3.83. The SMILES string of the molecule is CC(C)c1ccc(S(=O)(=O)Nc2cc(C(=O)NC[C@@H]3CCCO3)ccc2N2CCNCC2)cc1. The van der Waals surface area contributed by atoms with Crippen LogP contribution < -0.4 is 20.3 Å². The second-order valence-electron chi connectivity index (χ2n) is 9.14. The van der Waals surface area contributed by atoms with E-state index in [0.717, 1.165) is 56.9 Å². The van der Waals surface area contributed by atoms with Crippen LogP contribution in [0.5, 0.6) is 0 Å². The van der Waals surface area contributed by atoms with Crippen molar-refractivity contribution in [1.29, 1.82) is 0 Å². The second-order valence-corrected chi connectivity index (χ2v) is 10.8. The summed E-state index contributed by atoms with van der Waals surface area (Å²) < 4.78 is 34.8. The summed E-state index contributed by atoms with van der Waals surface area (Å²) >= 11 is 0. The Hall–Kier alpha value is -2.62. The molecule has 1 amide bonds. The fourth-order valence-electron chi connectivity index (χ4n) is 4.29. The lowest BCUT2D eigenvalue weighted by Crippen LogP contribution is -2.43. The Balaban J connectivity index is 1.59. The van der Waals surface area contributed by atoms with Crippen LogP contribution in [0.2, 0.25) is 0 Å². The topological polar surface area (TPSA) is 99.8 Å². The molecule has 0 saturated carbocycles. The van der Waals surface area contributed by atoms with Crippen LogP contribution in [0.25, 0.3) is 0 Å². The molecule has 2 fully saturated rings. The third kappa shape index (κ3) is 5.89. The highest BCUT2D eigenvalue weighted by atomic mass is 32.2. The minimum absolute atomic E-state index is 0.0378. The van der Waals surface area contributed by atoms with Crippen LogP contribution in [0, 0.1) is 0 Å². The Morgan fingerprint density at radius 3 is 2.53 bits per heavy atom. The number of nitrogens with one attached hydrogen (secondary N) is 3. The van der Waals surface area contributed by atoms with E-state index < -0.39 is 10.0 Å². The lowest BCUT2D eigenvalue weighted by atomic mass is 10.0. The van der Waals surface area contributed by atoms with Gasteiger partial charge in [0, 0.05) is 44.9 Å². The third-order valence-electron chi connectivity index (χ3n) is 6.33. The van der Waals surface area contributed by atoms with Gasteiger partial charge in [0.2, 0.25) is 0 Å². The first kappa shape index (κ1) is 24.5. The first-order chi connectivity index (χ1) is 16.3. The van der Waals surface area contributed by atoms with E-state index in [9.17, 15) is 13.2 Å².